The number of aromatic nitrogens is 1. The number of pyridine rings is 1. The summed E-state index contributed by atoms with van der Waals surface area (Å²) in [5.74, 6) is -0.0946. The minimum atomic E-state index is -0.413. The van der Waals surface area contributed by atoms with E-state index >= 15 is 0 Å². The van der Waals surface area contributed by atoms with Gasteiger partial charge in [-0.15, -0.1) is 0 Å². The van der Waals surface area contributed by atoms with Crippen LogP contribution in [-0.4, -0.2) is 43.2 Å². The molecule has 144 valence electrons. The lowest BCUT2D eigenvalue weighted by Gasteiger charge is -2.14. The number of methoxy groups -OCH3 is 1. The molecule has 0 unspecified atom stereocenters. The zero-order valence-electron chi connectivity index (χ0n) is 15.8. The van der Waals surface area contributed by atoms with Crippen LogP contribution in [0, 0.1) is 0 Å². The van der Waals surface area contributed by atoms with Crippen molar-refractivity contribution in [3.63, 3.8) is 0 Å². The van der Waals surface area contributed by atoms with E-state index in [0.717, 1.165) is 0 Å². The number of carbonyl (C=O) groups is 2. The Balaban J connectivity index is 2.06. The molecule has 7 nitrogen and oxygen atoms in total. The van der Waals surface area contributed by atoms with Gasteiger partial charge in [0.25, 0.3) is 11.8 Å². The molecule has 0 bridgehead atoms. The molecule has 2 N–H and O–H groups in total. The number of anilines is 1. The summed E-state index contributed by atoms with van der Waals surface area (Å²) in [6, 6.07) is 10.2. The van der Waals surface area contributed by atoms with Crippen LogP contribution in [0.3, 0.4) is 0 Å². The highest BCUT2D eigenvalue weighted by Gasteiger charge is 2.14. The largest absolute Gasteiger partial charge is 0.489 e. The zero-order valence-corrected chi connectivity index (χ0v) is 15.8. The molecule has 1 aromatic carbocycles. The fraction of sp³-hybridized carbons (Fsp3) is 0.350. The van der Waals surface area contributed by atoms with Crippen molar-refractivity contribution in [2.45, 2.75) is 26.4 Å². The van der Waals surface area contributed by atoms with Crippen molar-refractivity contribution < 1.29 is 19.1 Å². The zero-order chi connectivity index (χ0) is 19.6. The third-order valence-corrected chi connectivity index (χ3v) is 3.56. The van der Waals surface area contributed by atoms with E-state index in [1.165, 1.54) is 12.3 Å². The van der Waals surface area contributed by atoms with Crippen molar-refractivity contribution in [3.8, 4) is 5.75 Å². The highest BCUT2D eigenvalue weighted by atomic mass is 16.5. The number of para-hydroxylation sites is 2. The summed E-state index contributed by atoms with van der Waals surface area (Å²) in [5.41, 5.74) is 1.07. The lowest BCUT2D eigenvalue weighted by Crippen LogP contribution is -2.26. The third-order valence-electron chi connectivity index (χ3n) is 3.56. The average molecular weight is 371 g/mol. The molecular formula is C20H25N3O4. The van der Waals surface area contributed by atoms with Crippen LogP contribution in [-0.2, 0) is 4.74 Å². The van der Waals surface area contributed by atoms with E-state index in [1.807, 2.05) is 19.9 Å². The monoisotopic (exact) mass is 371 g/mol. The van der Waals surface area contributed by atoms with E-state index < -0.39 is 5.91 Å². The predicted molar refractivity (Wildman–Crippen MR) is 103 cm³/mol. The van der Waals surface area contributed by atoms with E-state index in [0.29, 0.717) is 36.6 Å². The summed E-state index contributed by atoms with van der Waals surface area (Å²) in [4.78, 5) is 28.8. The molecule has 1 heterocycles. The molecule has 7 heteroatoms. The van der Waals surface area contributed by atoms with Gasteiger partial charge in [0, 0.05) is 32.0 Å². The van der Waals surface area contributed by atoms with Crippen LogP contribution in [0.1, 0.15) is 41.1 Å². The molecule has 2 rings (SSSR count). The molecule has 0 spiro atoms. The van der Waals surface area contributed by atoms with Gasteiger partial charge >= 0.3 is 0 Å². The van der Waals surface area contributed by atoms with Crippen LogP contribution in [0.2, 0.25) is 0 Å². The number of carbonyl (C=O) groups excluding carboxylic acids is 2. The van der Waals surface area contributed by atoms with Crippen LogP contribution in [0.25, 0.3) is 0 Å². The van der Waals surface area contributed by atoms with Gasteiger partial charge in [0.15, 0.2) is 0 Å². The Morgan fingerprint density at radius 2 is 1.93 bits per heavy atom. The van der Waals surface area contributed by atoms with Gasteiger partial charge in [0.1, 0.15) is 11.4 Å². The maximum Gasteiger partial charge on any atom is 0.274 e. The van der Waals surface area contributed by atoms with E-state index in [2.05, 4.69) is 15.6 Å². The number of hydrogen-bond donors (Lipinski definition) is 2. The van der Waals surface area contributed by atoms with Crippen LogP contribution >= 0.6 is 0 Å². The molecule has 0 saturated carbocycles. The fourth-order valence-corrected chi connectivity index (χ4v) is 2.33. The fourth-order valence-electron chi connectivity index (χ4n) is 2.33. The maximum atomic E-state index is 12.5. The van der Waals surface area contributed by atoms with Gasteiger partial charge < -0.3 is 20.1 Å². The first-order valence-corrected chi connectivity index (χ1v) is 8.81. The quantitative estimate of drug-likeness (QED) is 0.662. The van der Waals surface area contributed by atoms with Gasteiger partial charge in [-0.05, 0) is 44.5 Å². The van der Waals surface area contributed by atoms with Crippen molar-refractivity contribution in [2.75, 3.05) is 25.6 Å². The summed E-state index contributed by atoms with van der Waals surface area (Å²) < 4.78 is 10.6. The van der Waals surface area contributed by atoms with Crippen molar-refractivity contribution >= 4 is 17.5 Å². The van der Waals surface area contributed by atoms with Gasteiger partial charge in [0.05, 0.1) is 11.8 Å². The number of benzene rings is 1. The van der Waals surface area contributed by atoms with Gasteiger partial charge in [-0.2, -0.15) is 0 Å². The number of nitrogens with one attached hydrogen (secondary N) is 2. The minimum absolute atomic E-state index is 0.0219. The topological polar surface area (TPSA) is 89.5 Å². The molecule has 0 atom stereocenters. The second kappa shape index (κ2) is 10.3. The number of hydrogen-bond acceptors (Lipinski definition) is 5. The summed E-state index contributed by atoms with van der Waals surface area (Å²) in [5, 5.41) is 5.57. The Hall–Kier alpha value is -2.93. The Kier molecular flexibility index (Phi) is 7.76. The van der Waals surface area contributed by atoms with Gasteiger partial charge in [-0.25, -0.2) is 0 Å². The SMILES string of the molecule is COCCCNC(=O)c1ccnc(C(=O)Nc2ccccc2OC(C)C)c1. The average Bonchev–Trinajstić information content (AvgIpc) is 2.66. The normalized spacial score (nSPS) is 10.5. The van der Waals surface area contributed by atoms with E-state index in [4.69, 9.17) is 9.47 Å². The molecule has 0 aliphatic rings. The molecule has 0 aliphatic heterocycles. The van der Waals surface area contributed by atoms with E-state index in [-0.39, 0.29) is 17.7 Å². The Labute approximate surface area is 159 Å². The second-order valence-corrected chi connectivity index (χ2v) is 6.15. The molecule has 2 aromatic rings. The first-order chi connectivity index (χ1) is 13.0. The molecular weight excluding hydrogens is 346 g/mol. The maximum absolute atomic E-state index is 12.5. The number of ether oxygens (including phenoxy) is 2. The first-order valence-electron chi connectivity index (χ1n) is 8.81. The summed E-state index contributed by atoms with van der Waals surface area (Å²) in [6.07, 6.45) is 2.13. The standard InChI is InChI=1S/C20H25N3O4/c1-14(2)27-18-8-5-4-7-16(18)23-20(25)17-13-15(9-11-21-17)19(24)22-10-6-12-26-3/h4-5,7-9,11,13-14H,6,10,12H2,1-3H3,(H,22,24)(H,23,25). The second-order valence-electron chi connectivity index (χ2n) is 6.15. The summed E-state index contributed by atoms with van der Waals surface area (Å²) in [7, 11) is 1.61. The lowest BCUT2D eigenvalue weighted by atomic mass is 10.2. The highest BCUT2D eigenvalue weighted by Crippen LogP contribution is 2.25. The number of amides is 2. The van der Waals surface area contributed by atoms with Crippen molar-refractivity contribution in [2.24, 2.45) is 0 Å². The summed E-state index contributed by atoms with van der Waals surface area (Å²) in [6.45, 7) is 4.89. The third kappa shape index (κ3) is 6.38. The molecule has 0 saturated heterocycles. The molecule has 0 fully saturated rings. The van der Waals surface area contributed by atoms with Crippen LogP contribution in [0.5, 0.6) is 5.75 Å². The molecule has 0 aliphatic carbocycles. The number of nitrogens with zero attached hydrogens (tertiary/aromatic N) is 1. The van der Waals surface area contributed by atoms with Crippen molar-refractivity contribution in [3.05, 3.63) is 53.9 Å². The predicted octanol–water partition coefficient (Wildman–Crippen LogP) is 2.89. The van der Waals surface area contributed by atoms with Gasteiger partial charge in [0.2, 0.25) is 0 Å². The molecule has 0 radical (unpaired) electrons. The van der Waals surface area contributed by atoms with Crippen LogP contribution in [0.4, 0.5) is 5.69 Å². The lowest BCUT2D eigenvalue weighted by molar-refractivity contribution is 0.0948. The Morgan fingerprint density at radius 3 is 2.67 bits per heavy atom. The van der Waals surface area contributed by atoms with Gasteiger partial charge in [-0.1, -0.05) is 12.1 Å². The van der Waals surface area contributed by atoms with E-state index in [9.17, 15) is 9.59 Å². The van der Waals surface area contributed by atoms with Crippen molar-refractivity contribution in [1.82, 2.24) is 10.3 Å². The molecule has 1 aromatic heterocycles. The van der Waals surface area contributed by atoms with Crippen LogP contribution < -0.4 is 15.4 Å². The smallest absolute Gasteiger partial charge is 0.274 e. The highest BCUT2D eigenvalue weighted by molar-refractivity contribution is 6.05. The molecule has 27 heavy (non-hydrogen) atoms. The summed E-state index contributed by atoms with van der Waals surface area (Å²) >= 11 is 0. The van der Waals surface area contributed by atoms with Crippen molar-refractivity contribution in [1.29, 1.82) is 0 Å². The van der Waals surface area contributed by atoms with E-state index in [1.54, 1.807) is 31.4 Å². The minimum Gasteiger partial charge on any atom is -0.489 e. The number of rotatable bonds is 9. The van der Waals surface area contributed by atoms with Crippen LogP contribution in [0.15, 0.2) is 42.6 Å². The Bertz CT molecular complexity index is 777. The first kappa shape index (κ1) is 20.4. The van der Waals surface area contributed by atoms with Gasteiger partial charge in [-0.3, -0.25) is 14.6 Å². The molecule has 2 amide bonds. The Morgan fingerprint density at radius 1 is 1.15 bits per heavy atom.